The lowest BCUT2D eigenvalue weighted by Gasteiger charge is -2.31. The van der Waals surface area contributed by atoms with E-state index in [1.54, 1.807) is 23.5 Å². The van der Waals surface area contributed by atoms with Crippen molar-refractivity contribution < 1.29 is 9.21 Å². The minimum absolute atomic E-state index is 0.0415. The predicted molar refractivity (Wildman–Crippen MR) is 101 cm³/mol. The normalized spacial score (nSPS) is 18.3. The van der Waals surface area contributed by atoms with Crippen molar-refractivity contribution in [3.8, 4) is 0 Å². The second-order valence-electron chi connectivity index (χ2n) is 6.42. The SMILES string of the molecule is Cc1ccc(C=CC(=O)N2CCCC(c3nc4ccccc4s3)C2)o1. The highest BCUT2D eigenvalue weighted by Gasteiger charge is 2.26. The summed E-state index contributed by atoms with van der Waals surface area (Å²) in [7, 11) is 0. The highest BCUT2D eigenvalue weighted by atomic mass is 32.1. The van der Waals surface area contributed by atoms with Crippen molar-refractivity contribution in [3.05, 3.63) is 59.0 Å². The van der Waals surface area contributed by atoms with Gasteiger partial charge in [0, 0.05) is 25.1 Å². The lowest BCUT2D eigenvalue weighted by molar-refractivity contribution is -0.127. The fourth-order valence-corrected chi connectivity index (χ4v) is 4.34. The molecule has 1 amide bonds. The van der Waals surface area contributed by atoms with Gasteiger partial charge in [-0.1, -0.05) is 12.1 Å². The molecule has 1 saturated heterocycles. The van der Waals surface area contributed by atoms with Crippen molar-refractivity contribution in [3.63, 3.8) is 0 Å². The molecule has 128 valence electrons. The van der Waals surface area contributed by atoms with E-state index in [4.69, 9.17) is 9.40 Å². The number of rotatable bonds is 3. The van der Waals surface area contributed by atoms with E-state index in [1.807, 2.05) is 36.1 Å². The van der Waals surface area contributed by atoms with Crippen LogP contribution in [0.25, 0.3) is 16.3 Å². The van der Waals surface area contributed by atoms with E-state index in [9.17, 15) is 4.79 Å². The molecule has 0 spiro atoms. The summed E-state index contributed by atoms with van der Waals surface area (Å²) in [5, 5.41) is 1.14. The third-order valence-electron chi connectivity index (χ3n) is 4.54. The first-order valence-corrected chi connectivity index (χ1v) is 9.39. The maximum atomic E-state index is 12.5. The summed E-state index contributed by atoms with van der Waals surface area (Å²) >= 11 is 1.75. The average molecular weight is 352 g/mol. The van der Waals surface area contributed by atoms with Gasteiger partial charge in [-0.05, 0) is 50.1 Å². The van der Waals surface area contributed by atoms with Gasteiger partial charge in [-0.3, -0.25) is 4.79 Å². The zero-order valence-corrected chi connectivity index (χ0v) is 15.0. The number of thiazole rings is 1. The first-order chi connectivity index (χ1) is 12.2. The number of nitrogens with zero attached hydrogens (tertiary/aromatic N) is 2. The minimum atomic E-state index is 0.0415. The molecule has 0 aliphatic carbocycles. The number of furan rings is 1. The Morgan fingerprint density at radius 2 is 2.20 bits per heavy atom. The molecule has 0 N–H and O–H groups in total. The summed E-state index contributed by atoms with van der Waals surface area (Å²) < 4.78 is 6.70. The third-order valence-corrected chi connectivity index (χ3v) is 5.74. The zero-order valence-electron chi connectivity index (χ0n) is 14.1. The van der Waals surface area contributed by atoms with Crippen molar-refractivity contribution in [1.29, 1.82) is 0 Å². The molecule has 1 fully saturated rings. The van der Waals surface area contributed by atoms with Crippen LogP contribution in [0.3, 0.4) is 0 Å². The summed E-state index contributed by atoms with van der Waals surface area (Å²) in [5.41, 5.74) is 1.05. The second-order valence-corrected chi connectivity index (χ2v) is 7.49. The summed E-state index contributed by atoms with van der Waals surface area (Å²) in [5.74, 6) is 1.93. The molecule has 4 nitrogen and oxygen atoms in total. The number of piperidine rings is 1. The average Bonchev–Trinajstić information content (AvgIpc) is 3.25. The maximum absolute atomic E-state index is 12.5. The van der Waals surface area contributed by atoms with Crippen LogP contribution in [0.2, 0.25) is 0 Å². The Hall–Kier alpha value is -2.40. The molecule has 1 aliphatic heterocycles. The van der Waals surface area contributed by atoms with Crippen LogP contribution >= 0.6 is 11.3 Å². The smallest absolute Gasteiger partial charge is 0.246 e. The number of aromatic nitrogens is 1. The lowest BCUT2D eigenvalue weighted by atomic mass is 9.98. The van der Waals surface area contributed by atoms with Gasteiger partial charge >= 0.3 is 0 Å². The molecule has 1 unspecified atom stereocenters. The topological polar surface area (TPSA) is 46.3 Å². The van der Waals surface area contributed by atoms with E-state index >= 15 is 0 Å². The summed E-state index contributed by atoms with van der Waals surface area (Å²) in [6.45, 7) is 3.44. The molecule has 25 heavy (non-hydrogen) atoms. The van der Waals surface area contributed by atoms with Gasteiger partial charge in [-0.2, -0.15) is 0 Å². The number of amides is 1. The lowest BCUT2D eigenvalue weighted by Crippen LogP contribution is -2.38. The molecule has 5 heteroatoms. The molecular weight excluding hydrogens is 332 g/mol. The Balaban J connectivity index is 1.46. The Labute approximate surface area is 150 Å². The van der Waals surface area contributed by atoms with E-state index in [0.29, 0.717) is 11.7 Å². The zero-order chi connectivity index (χ0) is 17.2. The second kappa shape index (κ2) is 6.84. The van der Waals surface area contributed by atoms with E-state index in [-0.39, 0.29) is 5.91 Å². The number of likely N-dealkylation sites (tertiary alicyclic amines) is 1. The minimum Gasteiger partial charge on any atom is -0.462 e. The van der Waals surface area contributed by atoms with Gasteiger partial charge in [0.15, 0.2) is 0 Å². The number of hydrogen-bond donors (Lipinski definition) is 0. The molecule has 1 aliphatic rings. The Kier molecular flexibility index (Phi) is 4.40. The van der Waals surface area contributed by atoms with Crippen LogP contribution in [-0.2, 0) is 4.79 Å². The third kappa shape index (κ3) is 3.51. The van der Waals surface area contributed by atoms with E-state index < -0.39 is 0 Å². The molecule has 1 atom stereocenters. The van der Waals surface area contributed by atoms with Gasteiger partial charge in [0.2, 0.25) is 5.91 Å². The number of hydrogen-bond acceptors (Lipinski definition) is 4. The first kappa shape index (κ1) is 16.1. The molecule has 4 rings (SSSR count). The fraction of sp³-hybridized carbons (Fsp3) is 0.300. The van der Waals surface area contributed by atoms with Gasteiger partial charge in [-0.25, -0.2) is 4.98 Å². The Morgan fingerprint density at radius 1 is 1.32 bits per heavy atom. The molecule has 3 heterocycles. The van der Waals surface area contributed by atoms with Crippen LogP contribution in [0.15, 0.2) is 46.9 Å². The van der Waals surface area contributed by atoms with Gasteiger partial charge in [0.05, 0.1) is 15.2 Å². The van der Waals surface area contributed by atoms with Gasteiger partial charge in [-0.15, -0.1) is 11.3 Å². The van der Waals surface area contributed by atoms with Crippen LogP contribution < -0.4 is 0 Å². The number of carbonyl (C=O) groups is 1. The van der Waals surface area contributed by atoms with Crippen molar-refractivity contribution in [2.45, 2.75) is 25.7 Å². The summed E-state index contributed by atoms with van der Waals surface area (Å²) in [6, 6.07) is 12.0. The summed E-state index contributed by atoms with van der Waals surface area (Å²) in [6.07, 6.45) is 5.46. The maximum Gasteiger partial charge on any atom is 0.246 e. The van der Waals surface area contributed by atoms with Crippen LogP contribution in [-0.4, -0.2) is 28.9 Å². The number of carbonyl (C=O) groups excluding carboxylic acids is 1. The monoisotopic (exact) mass is 352 g/mol. The molecule has 3 aromatic rings. The number of aryl methyl sites for hydroxylation is 1. The van der Waals surface area contributed by atoms with E-state index in [0.717, 1.165) is 42.2 Å². The van der Waals surface area contributed by atoms with Crippen LogP contribution in [0.5, 0.6) is 0 Å². The Morgan fingerprint density at radius 3 is 3.00 bits per heavy atom. The standard InChI is InChI=1S/C20H20N2O2S/c1-14-8-9-16(24-14)10-11-19(23)22-12-4-5-15(13-22)20-21-17-6-2-3-7-18(17)25-20/h2-3,6-11,15H,4-5,12-13H2,1H3. The van der Waals surface area contributed by atoms with Gasteiger partial charge in [0.25, 0.3) is 0 Å². The van der Waals surface area contributed by atoms with Crippen molar-refractivity contribution >= 4 is 33.5 Å². The molecule has 2 aromatic heterocycles. The van der Waals surface area contributed by atoms with E-state index in [1.165, 1.54) is 4.70 Å². The quantitative estimate of drug-likeness (QED) is 0.646. The number of para-hydroxylation sites is 1. The number of fused-ring (bicyclic) bond motifs is 1. The highest BCUT2D eigenvalue weighted by Crippen LogP contribution is 2.33. The first-order valence-electron chi connectivity index (χ1n) is 8.58. The molecule has 1 aromatic carbocycles. The largest absolute Gasteiger partial charge is 0.462 e. The van der Waals surface area contributed by atoms with Crippen LogP contribution in [0.4, 0.5) is 0 Å². The number of benzene rings is 1. The molecule has 0 bridgehead atoms. The highest BCUT2D eigenvalue weighted by molar-refractivity contribution is 7.18. The van der Waals surface area contributed by atoms with Crippen LogP contribution in [0, 0.1) is 6.92 Å². The Bertz CT molecular complexity index is 892. The van der Waals surface area contributed by atoms with Crippen molar-refractivity contribution in [2.75, 3.05) is 13.1 Å². The summed E-state index contributed by atoms with van der Waals surface area (Å²) in [4.78, 5) is 19.2. The molecule has 0 radical (unpaired) electrons. The predicted octanol–water partition coefficient (Wildman–Crippen LogP) is 4.62. The molecular formula is C20H20N2O2S. The van der Waals surface area contributed by atoms with Gasteiger partial charge < -0.3 is 9.32 Å². The van der Waals surface area contributed by atoms with E-state index in [2.05, 4.69) is 12.1 Å². The molecule has 0 saturated carbocycles. The van der Waals surface area contributed by atoms with Gasteiger partial charge in [0.1, 0.15) is 11.5 Å². The van der Waals surface area contributed by atoms with Crippen molar-refractivity contribution in [2.24, 2.45) is 0 Å². The van der Waals surface area contributed by atoms with Crippen LogP contribution in [0.1, 0.15) is 35.3 Å². The van der Waals surface area contributed by atoms with Crippen molar-refractivity contribution in [1.82, 2.24) is 9.88 Å². The fourth-order valence-electron chi connectivity index (χ4n) is 3.25.